The molecule has 0 aliphatic carbocycles. The number of aromatic nitrogens is 1. The Bertz CT molecular complexity index is 1120. The van der Waals surface area contributed by atoms with Crippen molar-refractivity contribution in [2.45, 2.75) is 45.3 Å². The average Bonchev–Trinajstić information content (AvgIpc) is 2.97. The van der Waals surface area contributed by atoms with Gasteiger partial charge in [0.1, 0.15) is 17.2 Å². The van der Waals surface area contributed by atoms with E-state index >= 15 is 0 Å². The molecule has 0 radical (unpaired) electrons. The molecule has 4 rings (SSSR count). The summed E-state index contributed by atoms with van der Waals surface area (Å²) >= 11 is 0. The summed E-state index contributed by atoms with van der Waals surface area (Å²) in [4.78, 5) is 39.4. The molecule has 2 aliphatic rings. The third kappa shape index (κ3) is 3.13. The van der Waals surface area contributed by atoms with Crippen molar-refractivity contribution in [3.63, 3.8) is 0 Å². The summed E-state index contributed by atoms with van der Waals surface area (Å²) in [6, 6.07) is 2.67. The molecule has 0 saturated carbocycles. The molecule has 8 nitrogen and oxygen atoms in total. The molecule has 2 amide bonds. The largest absolute Gasteiger partial charge is 0.503 e. The van der Waals surface area contributed by atoms with Crippen LogP contribution >= 0.6 is 0 Å². The summed E-state index contributed by atoms with van der Waals surface area (Å²) in [6.07, 6.45) is 0.372. The predicted molar refractivity (Wildman–Crippen MR) is 99.9 cm³/mol. The highest BCUT2D eigenvalue weighted by Gasteiger charge is 2.45. The first-order chi connectivity index (χ1) is 14.2. The Hall–Kier alpha value is -3.27. The maximum absolute atomic E-state index is 13.7. The number of benzene rings is 1. The van der Waals surface area contributed by atoms with Crippen molar-refractivity contribution in [1.29, 1.82) is 0 Å². The Kier molecular flexibility index (Phi) is 4.81. The number of hydrogen-bond acceptors (Lipinski definition) is 5. The quantitative estimate of drug-likeness (QED) is 0.782. The minimum Gasteiger partial charge on any atom is -0.503 e. The van der Waals surface area contributed by atoms with Gasteiger partial charge in [-0.15, -0.1) is 0 Å². The molecule has 1 aromatic heterocycles. The number of aromatic hydroxyl groups is 1. The van der Waals surface area contributed by atoms with Crippen molar-refractivity contribution in [3.8, 4) is 5.75 Å². The highest BCUT2D eigenvalue weighted by Crippen LogP contribution is 2.32. The third-order valence-corrected chi connectivity index (χ3v) is 5.55. The van der Waals surface area contributed by atoms with Crippen molar-refractivity contribution in [2.75, 3.05) is 0 Å². The molecule has 10 heteroatoms. The summed E-state index contributed by atoms with van der Waals surface area (Å²) in [6.45, 7) is 3.47. The number of nitrogens with zero attached hydrogens (tertiary/aromatic N) is 2. The Balaban J connectivity index is 1.63. The Morgan fingerprint density at radius 2 is 2.03 bits per heavy atom. The molecule has 3 atom stereocenters. The summed E-state index contributed by atoms with van der Waals surface area (Å²) in [5.41, 5.74) is -1.59. The highest BCUT2D eigenvalue weighted by atomic mass is 19.1. The molecule has 1 saturated heterocycles. The molecular formula is C20H19F2N3O5. The molecular weight excluding hydrogens is 400 g/mol. The first-order valence-corrected chi connectivity index (χ1v) is 9.35. The van der Waals surface area contributed by atoms with E-state index in [-0.39, 0.29) is 36.5 Å². The lowest BCUT2D eigenvalue weighted by Crippen LogP contribution is -2.49. The van der Waals surface area contributed by atoms with Crippen molar-refractivity contribution in [1.82, 2.24) is 14.8 Å². The molecule has 1 fully saturated rings. The van der Waals surface area contributed by atoms with Crippen LogP contribution in [0.3, 0.4) is 0 Å². The van der Waals surface area contributed by atoms with Crippen LogP contribution in [0.4, 0.5) is 8.78 Å². The van der Waals surface area contributed by atoms with Crippen LogP contribution in [0.2, 0.25) is 0 Å². The van der Waals surface area contributed by atoms with Gasteiger partial charge >= 0.3 is 0 Å². The van der Waals surface area contributed by atoms with Crippen molar-refractivity contribution >= 4 is 11.8 Å². The average molecular weight is 419 g/mol. The molecule has 1 aromatic carbocycles. The van der Waals surface area contributed by atoms with E-state index in [0.717, 1.165) is 6.07 Å². The molecule has 2 N–H and O–H groups in total. The van der Waals surface area contributed by atoms with E-state index in [9.17, 15) is 28.3 Å². The van der Waals surface area contributed by atoms with Gasteiger partial charge in [0.15, 0.2) is 17.7 Å². The van der Waals surface area contributed by atoms with E-state index in [2.05, 4.69) is 5.32 Å². The van der Waals surface area contributed by atoms with Gasteiger partial charge in [-0.05, 0) is 19.9 Å². The number of carbonyl (C=O) groups is 2. The minimum absolute atomic E-state index is 0.0279. The van der Waals surface area contributed by atoms with Crippen LogP contribution in [0.15, 0.2) is 29.2 Å². The molecule has 3 heterocycles. The monoisotopic (exact) mass is 419 g/mol. The van der Waals surface area contributed by atoms with E-state index in [1.54, 1.807) is 0 Å². The van der Waals surface area contributed by atoms with Crippen LogP contribution in [0, 0.1) is 11.6 Å². The zero-order chi connectivity index (χ0) is 21.7. The van der Waals surface area contributed by atoms with E-state index in [1.165, 1.54) is 21.7 Å². The van der Waals surface area contributed by atoms with E-state index in [4.69, 9.17) is 4.74 Å². The number of fused-ring (bicyclic) bond motifs is 2. The van der Waals surface area contributed by atoms with Gasteiger partial charge in [-0.25, -0.2) is 8.78 Å². The second-order valence-electron chi connectivity index (χ2n) is 7.39. The van der Waals surface area contributed by atoms with Gasteiger partial charge in [-0.1, -0.05) is 6.07 Å². The van der Waals surface area contributed by atoms with Crippen LogP contribution in [-0.2, 0) is 17.8 Å². The zero-order valence-corrected chi connectivity index (χ0v) is 16.2. The van der Waals surface area contributed by atoms with Gasteiger partial charge in [0, 0.05) is 24.4 Å². The molecule has 30 heavy (non-hydrogen) atoms. The third-order valence-electron chi connectivity index (χ3n) is 5.55. The van der Waals surface area contributed by atoms with Gasteiger partial charge in [-0.3, -0.25) is 14.4 Å². The fourth-order valence-electron chi connectivity index (χ4n) is 3.77. The van der Waals surface area contributed by atoms with Gasteiger partial charge in [0.2, 0.25) is 5.43 Å². The number of halogens is 2. The Morgan fingerprint density at radius 3 is 2.73 bits per heavy atom. The van der Waals surface area contributed by atoms with Crippen LogP contribution in [-0.4, -0.2) is 44.8 Å². The first kappa shape index (κ1) is 20.0. The van der Waals surface area contributed by atoms with Gasteiger partial charge in [0.25, 0.3) is 11.8 Å². The summed E-state index contributed by atoms with van der Waals surface area (Å²) in [5.74, 6) is -3.84. The fourth-order valence-corrected chi connectivity index (χ4v) is 3.77. The van der Waals surface area contributed by atoms with Crippen molar-refractivity contribution < 1.29 is 28.2 Å². The molecule has 2 aliphatic heterocycles. The number of ether oxygens (including phenoxy) is 1. The zero-order valence-electron chi connectivity index (χ0n) is 16.2. The second-order valence-corrected chi connectivity index (χ2v) is 7.39. The van der Waals surface area contributed by atoms with Crippen LogP contribution < -0.4 is 10.7 Å². The van der Waals surface area contributed by atoms with Crippen molar-refractivity contribution in [2.24, 2.45) is 0 Å². The number of pyridine rings is 1. The lowest BCUT2D eigenvalue weighted by atomic mass is 10.1. The standard InChI is InChI=1S/C20H19F2N3O5/c1-9-10(2)30-15-8-24-7-13(17(26)18(27)16(24)20(29)25(9)15)19(28)23-6-11-3-4-12(21)5-14(11)22/h3-5,7,9-10,15,27H,6,8H2,1-2H3,(H,23,28). The topological polar surface area (TPSA) is 101 Å². The number of carbonyl (C=O) groups excluding carboxylic acids is 2. The number of rotatable bonds is 3. The van der Waals surface area contributed by atoms with Gasteiger partial charge in [0.05, 0.1) is 18.7 Å². The fraction of sp³-hybridized carbons (Fsp3) is 0.350. The minimum atomic E-state index is -1.01. The van der Waals surface area contributed by atoms with Crippen LogP contribution in [0.1, 0.15) is 40.3 Å². The number of amides is 2. The molecule has 0 bridgehead atoms. The molecule has 158 valence electrons. The molecule has 2 aromatic rings. The van der Waals surface area contributed by atoms with Crippen LogP contribution in [0.5, 0.6) is 5.75 Å². The number of nitrogens with one attached hydrogen (secondary N) is 1. The second kappa shape index (κ2) is 7.21. The van der Waals surface area contributed by atoms with E-state index in [0.29, 0.717) is 6.07 Å². The molecule has 3 unspecified atom stereocenters. The smallest absolute Gasteiger partial charge is 0.276 e. The summed E-state index contributed by atoms with van der Waals surface area (Å²) in [5, 5.41) is 12.7. The van der Waals surface area contributed by atoms with Crippen molar-refractivity contribution in [3.05, 3.63) is 63.1 Å². The number of hydrogen-bond donors (Lipinski definition) is 2. The highest BCUT2D eigenvalue weighted by molar-refractivity contribution is 5.99. The summed E-state index contributed by atoms with van der Waals surface area (Å²) < 4.78 is 33.8. The molecule has 0 spiro atoms. The predicted octanol–water partition coefficient (Wildman–Crippen LogP) is 1.35. The lowest BCUT2D eigenvalue weighted by Gasteiger charge is -2.33. The Morgan fingerprint density at radius 1 is 1.30 bits per heavy atom. The first-order valence-electron chi connectivity index (χ1n) is 9.35. The Labute approximate surface area is 169 Å². The maximum atomic E-state index is 13.7. The van der Waals surface area contributed by atoms with E-state index < -0.39 is 46.4 Å². The maximum Gasteiger partial charge on any atom is 0.276 e. The van der Waals surface area contributed by atoms with Gasteiger partial charge < -0.3 is 24.6 Å². The van der Waals surface area contributed by atoms with E-state index in [1.807, 2.05) is 13.8 Å². The lowest BCUT2D eigenvalue weighted by molar-refractivity contribution is -0.0103. The SMILES string of the molecule is CC1OC2Cn3cc(C(=O)NCc4ccc(F)cc4F)c(=O)c(O)c3C(=O)N2C1C. The van der Waals surface area contributed by atoms with Crippen LogP contribution in [0.25, 0.3) is 0 Å². The summed E-state index contributed by atoms with van der Waals surface area (Å²) in [7, 11) is 0. The van der Waals surface area contributed by atoms with Gasteiger partial charge in [-0.2, -0.15) is 0 Å². The normalized spacial score (nSPS) is 22.6.